The molecule has 1 heterocycles. The Hall–Kier alpha value is -1.09. The van der Waals surface area contributed by atoms with Gasteiger partial charge in [0.25, 0.3) is 0 Å². The fraction of sp³-hybridized carbons (Fsp3) is 0.615. The van der Waals surface area contributed by atoms with Crippen LogP contribution in [0.5, 0.6) is 0 Å². The van der Waals surface area contributed by atoms with E-state index in [0.717, 1.165) is 36.1 Å². The molecule has 2 N–H and O–H groups in total. The van der Waals surface area contributed by atoms with Gasteiger partial charge < -0.3 is 10.6 Å². The van der Waals surface area contributed by atoms with E-state index in [-0.39, 0.29) is 0 Å². The summed E-state index contributed by atoms with van der Waals surface area (Å²) in [5.74, 6) is 2.00. The molecule has 1 saturated carbocycles. The molecule has 0 radical (unpaired) electrons. The molecule has 3 heteroatoms. The molecule has 88 valence electrons. The maximum Gasteiger partial charge on any atom is 0.128 e. The Kier molecular flexibility index (Phi) is 3.44. The number of anilines is 1. The highest BCUT2D eigenvalue weighted by Gasteiger charge is 2.24. The van der Waals surface area contributed by atoms with Gasteiger partial charge in [0.05, 0.1) is 0 Å². The van der Waals surface area contributed by atoms with Crippen LogP contribution in [0.25, 0.3) is 0 Å². The number of hydrogen-bond donors (Lipinski definition) is 1. The zero-order valence-corrected chi connectivity index (χ0v) is 10.2. The minimum absolute atomic E-state index is 0.577. The summed E-state index contributed by atoms with van der Waals surface area (Å²) in [6, 6.07) is 4.20. The Morgan fingerprint density at radius 2 is 2.19 bits per heavy atom. The van der Waals surface area contributed by atoms with Gasteiger partial charge in [-0.1, -0.05) is 6.07 Å². The molecule has 0 amide bonds. The Balaban J connectivity index is 2.13. The van der Waals surface area contributed by atoms with Crippen LogP contribution >= 0.6 is 0 Å². The summed E-state index contributed by atoms with van der Waals surface area (Å²) >= 11 is 0. The van der Waals surface area contributed by atoms with Crippen molar-refractivity contribution >= 4 is 5.82 Å². The maximum atomic E-state index is 5.65. The molecule has 1 aromatic rings. The van der Waals surface area contributed by atoms with Crippen molar-refractivity contribution in [2.45, 2.75) is 33.2 Å². The smallest absolute Gasteiger partial charge is 0.128 e. The van der Waals surface area contributed by atoms with Gasteiger partial charge in [-0.2, -0.15) is 0 Å². The lowest BCUT2D eigenvalue weighted by Gasteiger charge is -2.22. The van der Waals surface area contributed by atoms with E-state index in [4.69, 9.17) is 5.73 Å². The first-order valence-electron chi connectivity index (χ1n) is 6.16. The van der Waals surface area contributed by atoms with Crippen molar-refractivity contribution in [2.24, 2.45) is 11.7 Å². The fourth-order valence-corrected chi connectivity index (χ4v) is 1.97. The topological polar surface area (TPSA) is 42.1 Å². The van der Waals surface area contributed by atoms with Gasteiger partial charge in [0.1, 0.15) is 5.82 Å². The quantitative estimate of drug-likeness (QED) is 0.824. The van der Waals surface area contributed by atoms with Gasteiger partial charge in [-0.15, -0.1) is 0 Å². The predicted molar refractivity (Wildman–Crippen MR) is 67.5 cm³/mol. The lowest BCUT2D eigenvalue weighted by atomic mass is 10.2. The van der Waals surface area contributed by atoms with Crippen molar-refractivity contribution < 1.29 is 0 Å². The third-order valence-corrected chi connectivity index (χ3v) is 3.28. The lowest BCUT2D eigenvalue weighted by molar-refractivity contribution is 0.729. The van der Waals surface area contributed by atoms with Crippen LogP contribution in [-0.4, -0.2) is 18.1 Å². The van der Waals surface area contributed by atoms with E-state index in [9.17, 15) is 0 Å². The van der Waals surface area contributed by atoms with E-state index in [0.29, 0.717) is 6.54 Å². The average molecular weight is 219 g/mol. The van der Waals surface area contributed by atoms with Crippen molar-refractivity contribution in [1.82, 2.24) is 4.98 Å². The first kappa shape index (κ1) is 11.4. The normalized spacial score (nSPS) is 15.2. The molecule has 0 aromatic carbocycles. The van der Waals surface area contributed by atoms with Crippen LogP contribution < -0.4 is 10.6 Å². The van der Waals surface area contributed by atoms with Crippen LogP contribution in [0, 0.1) is 12.8 Å². The minimum Gasteiger partial charge on any atom is -0.357 e. The number of aromatic nitrogens is 1. The highest BCUT2D eigenvalue weighted by Crippen LogP contribution is 2.31. The highest BCUT2D eigenvalue weighted by atomic mass is 15.2. The molecule has 1 aromatic heterocycles. The molecule has 0 aliphatic heterocycles. The van der Waals surface area contributed by atoms with Crippen LogP contribution in [0.15, 0.2) is 12.1 Å². The van der Waals surface area contributed by atoms with Crippen molar-refractivity contribution in [3.63, 3.8) is 0 Å². The first-order chi connectivity index (χ1) is 7.74. The van der Waals surface area contributed by atoms with Crippen molar-refractivity contribution in [1.29, 1.82) is 0 Å². The minimum atomic E-state index is 0.577. The van der Waals surface area contributed by atoms with Crippen LogP contribution in [-0.2, 0) is 6.54 Å². The maximum absolute atomic E-state index is 5.65. The van der Waals surface area contributed by atoms with Gasteiger partial charge in [0.2, 0.25) is 0 Å². The predicted octanol–water partition coefficient (Wildman–Crippen LogP) is 2.09. The molecule has 0 saturated heterocycles. The second-order valence-electron chi connectivity index (χ2n) is 4.60. The Morgan fingerprint density at radius 1 is 1.44 bits per heavy atom. The second kappa shape index (κ2) is 4.83. The van der Waals surface area contributed by atoms with E-state index >= 15 is 0 Å². The zero-order valence-electron chi connectivity index (χ0n) is 10.2. The molecule has 0 bridgehead atoms. The molecular weight excluding hydrogens is 198 g/mol. The third-order valence-electron chi connectivity index (χ3n) is 3.28. The van der Waals surface area contributed by atoms with Gasteiger partial charge >= 0.3 is 0 Å². The SMILES string of the molecule is CCN(CC1CC1)c1ccc(CN)c(C)n1. The van der Waals surface area contributed by atoms with Gasteiger partial charge in [-0.05, 0) is 44.2 Å². The van der Waals surface area contributed by atoms with E-state index < -0.39 is 0 Å². The van der Waals surface area contributed by atoms with Crippen molar-refractivity contribution in [3.8, 4) is 0 Å². The first-order valence-corrected chi connectivity index (χ1v) is 6.16. The van der Waals surface area contributed by atoms with Crippen LogP contribution in [0.4, 0.5) is 5.82 Å². The summed E-state index contributed by atoms with van der Waals surface area (Å²) in [4.78, 5) is 7.01. The summed E-state index contributed by atoms with van der Waals surface area (Å²) < 4.78 is 0. The van der Waals surface area contributed by atoms with Gasteiger partial charge in [-0.3, -0.25) is 0 Å². The van der Waals surface area contributed by atoms with Crippen LogP contribution in [0.2, 0.25) is 0 Å². The standard InChI is InChI=1S/C13H21N3/c1-3-16(9-11-4-5-11)13-7-6-12(8-14)10(2)15-13/h6-7,11H,3-5,8-9,14H2,1-2H3. The van der Waals surface area contributed by atoms with Crippen molar-refractivity contribution in [3.05, 3.63) is 23.4 Å². The van der Waals surface area contributed by atoms with E-state index in [1.54, 1.807) is 0 Å². The lowest BCUT2D eigenvalue weighted by Crippen LogP contribution is -2.26. The summed E-state index contributed by atoms with van der Waals surface area (Å²) in [5.41, 5.74) is 7.86. The van der Waals surface area contributed by atoms with E-state index in [1.807, 2.05) is 6.92 Å². The molecule has 1 aliphatic rings. The van der Waals surface area contributed by atoms with E-state index in [2.05, 4.69) is 28.9 Å². The number of nitrogens with two attached hydrogens (primary N) is 1. The molecule has 0 spiro atoms. The number of pyridine rings is 1. The average Bonchev–Trinajstić information content (AvgIpc) is 3.09. The van der Waals surface area contributed by atoms with E-state index in [1.165, 1.54) is 12.8 Å². The Bertz CT molecular complexity index is 358. The van der Waals surface area contributed by atoms with Gasteiger partial charge in [0, 0.05) is 25.3 Å². The molecule has 2 rings (SSSR count). The Labute approximate surface area is 97.7 Å². The van der Waals surface area contributed by atoms with Crippen LogP contribution in [0.3, 0.4) is 0 Å². The summed E-state index contributed by atoms with van der Waals surface area (Å²) in [7, 11) is 0. The molecule has 16 heavy (non-hydrogen) atoms. The zero-order chi connectivity index (χ0) is 11.5. The number of hydrogen-bond acceptors (Lipinski definition) is 3. The summed E-state index contributed by atoms with van der Waals surface area (Å²) in [6.45, 7) is 7.00. The molecule has 0 atom stereocenters. The van der Waals surface area contributed by atoms with Gasteiger partial charge in [-0.25, -0.2) is 4.98 Å². The van der Waals surface area contributed by atoms with Crippen LogP contribution in [0.1, 0.15) is 31.0 Å². The summed E-state index contributed by atoms with van der Waals surface area (Å²) in [5, 5.41) is 0. The highest BCUT2D eigenvalue weighted by molar-refractivity contribution is 5.41. The van der Waals surface area contributed by atoms with Gasteiger partial charge in [0.15, 0.2) is 0 Å². The summed E-state index contributed by atoms with van der Waals surface area (Å²) in [6.07, 6.45) is 2.77. The number of aryl methyl sites for hydroxylation is 1. The third kappa shape index (κ3) is 2.53. The number of nitrogens with zero attached hydrogens (tertiary/aromatic N) is 2. The fourth-order valence-electron chi connectivity index (χ4n) is 1.97. The molecule has 1 fully saturated rings. The Morgan fingerprint density at radius 3 is 2.69 bits per heavy atom. The monoisotopic (exact) mass is 219 g/mol. The molecule has 3 nitrogen and oxygen atoms in total. The largest absolute Gasteiger partial charge is 0.357 e. The molecular formula is C13H21N3. The second-order valence-corrected chi connectivity index (χ2v) is 4.60. The van der Waals surface area contributed by atoms with Crippen molar-refractivity contribution in [2.75, 3.05) is 18.0 Å². The number of rotatable bonds is 5. The molecule has 1 aliphatic carbocycles. The molecule has 0 unspecified atom stereocenters.